The van der Waals surface area contributed by atoms with Crippen molar-refractivity contribution in [1.29, 1.82) is 5.26 Å². The van der Waals surface area contributed by atoms with Crippen molar-refractivity contribution in [3.05, 3.63) is 65.4 Å². The fourth-order valence-corrected chi connectivity index (χ4v) is 5.55. The Morgan fingerprint density at radius 3 is 2.44 bits per heavy atom. The number of hydrogen-bond donors (Lipinski definition) is 2. The van der Waals surface area contributed by atoms with Crippen LogP contribution in [-0.4, -0.2) is 71.4 Å². The maximum Gasteiger partial charge on any atom is 0.248 e. The second kappa shape index (κ2) is 12.9. The Kier molecular flexibility index (Phi) is 8.85. The molecule has 0 spiro atoms. The molecule has 3 aromatic rings. The Labute approximate surface area is 249 Å². The van der Waals surface area contributed by atoms with E-state index >= 15 is 0 Å². The number of primary amides is 1. The lowest BCUT2D eigenvalue weighted by molar-refractivity contribution is -0.140. The normalized spacial score (nSPS) is 18.3. The van der Waals surface area contributed by atoms with Gasteiger partial charge in [-0.15, -0.1) is 0 Å². The van der Waals surface area contributed by atoms with E-state index in [9.17, 15) is 24.4 Å². The number of Topliss-reactive ketones (excluding diaryl/α,β-unsaturated/α-hetero) is 1. The number of nitriles is 1. The second-order valence-corrected chi connectivity index (χ2v) is 11.0. The Bertz CT molecular complexity index is 1610. The zero-order chi connectivity index (χ0) is 30.5. The maximum atomic E-state index is 13.7. The molecule has 2 fully saturated rings. The molecule has 0 aliphatic carbocycles. The van der Waals surface area contributed by atoms with E-state index in [0.29, 0.717) is 43.7 Å². The van der Waals surface area contributed by atoms with Crippen molar-refractivity contribution in [1.82, 2.24) is 9.80 Å². The van der Waals surface area contributed by atoms with Gasteiger partial charge in [0, 0.05) is 41.8 Å². The van der Waals surface area contributed by atoms with E-state index in [1.165, 1.54) is 24.3 Å². The lowest BCUT2D eigenvalue weighted by Crippen LogP contribution is -2.45. The lowest BCUT2D eigenvalue weighted by atomic mass is 9.96. The molecule has 11 nitrogen and oxygen atoms in total. The number of ketones is 1. The lowest BCUT2D eigenvalue weighted by Gasteiger charge is -2.25. The van der Waals surface area contributed by atoms with Crippen molar-refractivity contribution >= 4 is 46.0 Å². The van der Waals surface area contributed by atoms with Crippen LogP contribution in [-0.2, 0) is 9.59 Å². The molecule has 43 heavy (non-hydrogen) atoms. The number of amides is 3. The molecule has 3 N–H and O–H groups in total. The predicted molar refractivity (Wildman–Crippen MR) is 160 cm³/mol. The number of hydrogen-bond acceptors (Lipinski definition) is 7. The molecule has 0 bridgehead atoms. The van der Waals surface area contributed by atoms with Crippen LogP contribution in [0.4, 0.5) is 5.69 Å². The Morgan fingerprint density at radius 1 is 1.05 bits per heavy atom. The molecule has 2 atom stereocenters. The maximum absolute atomic E-state index is 13.7. The molecule has 3 heterocycles. The number of nitrogens with zero attached hydrogens (tertiary/aromatic N) is 4. The largest absolute Gasteiger partial charge is 0.461 e. The SMILES string of the molecule is Cc1cc2cc(NC(=N[C@H]3CCCCN(CC(=O)N4CCCC4)C3=O)C(C#N)C(=O)c3ccc(C(N)=O)cc3)ccc2o1. The number of anilines is 1. The summed E-state index contributed by atoms with van der Waals surface area (Å²) in [6.45, 7) is 3.66. The summed E-state index contributed by atoms with van der Waals surface area (Å²) in [4.78, 5) is 59.8. The quantitative estimate of drug-likeness (QED) is 0.233. The molecule has 1 unspecified atom stereocenters. The summed E-state index contributed by atoms with van der Waals surface area (Å²) in [5.41, 5.74) is 7.00. The predicted octanol–water partition coefficient (Wildman–Crippen LogP) is 3.68. The van der Waals surface area contributed by atoms with Crippen molar-refractivity contribution in [3.8, 4) is 6.07 Å². The van der Waals surface area contributed by atoms with Crippen molar-refractivity contribution < 1.29 is 23.6 Å². The summed E-state index contributed by atoms with van der Waals surface area (Å²) >= 11 is 0. The van der Waals surface area contributed by atoms with Gasteiger partial charge in [-0.1, -0.05) is 12.1 Å². The van der Waals surface area contributed by atoms with Gasteiger partial charge in [-0.3, -0.25) is 24.2 Å². The number of amidine groups is 1. The minimum atomic E-state index is -1.38. The van der Waals surface area contributed by atoms with Crippen LogP contribution in [0.25, 0.3) is 11.0 Å². The number of aliphatic imine (C=N–C) groups is 1. The molecule has 2 saturated heterocycles. The van der Waals surface area contributed by atoms with Crippen LogP contribution in [0, 0.1) is 24.2 Å². The molecule has 0 radical (unpaired) electrons. The molecule has 3 amide bonds. The first kappa shape index (κ1) is 29.5. The summed E-state index contributed by atoms with van der Waals surface area (Å²) in [6.07, 6.45) is 3.75. The molecule has 0 saturated carbocycles. The van der Waals surface area contributed by atoms with E-state index < -0.39 is 23.7 Å². The van der Waals surface area contributed by atoms with Gasteiger partial charge >= 0.3 is 0 Å². The van der Waals surface area contributed by atoms with Crippen molar-refractivity contribution in [2.45, 2.75) is 45.1 Å². The average Bonchev–Trinajstić information content (AvgIpc) is 3.63. The summed E-state index contributed by atoms with van der Waals surface area (Å²) in [7, 11) is 0. The highest BCUT2D eigenvalue weighted by atomic mass is 16.3. The monoisotopic (exact) mass is 582 g/mol. The minimum Gasteiger partial charge on any atom is -0.461 e. The molecule has 2 aliphatic rings. The number of benzene rings is 2. The minimum absolute atomic E-state index is 0.0169. The number of fused-ring (bicyclic) bond motifs is 1. The number of aryl methyl sites for hydroxylation is 1. The third-order valence-corrected chi connectivity index (χ3v) is 7.86. The van der Waals surface area contributed by atoms with Gasteiger partial charge in [-0.2, -0.15) is 5.26 Å². The highest BCUT2D eigenvalue weighted by Crippen LogP contribution is 2.25. The molecular weight excluding hydrogens is 548 g/mol. The first-order valence-electron chi connectivity index (χ1n) is 14.5. The summed E-state index contributed by atoms with van der Waals surface area (Å²) in [5, 5.41) is 14.2. The van der Waals surface area contributed by atoms with Gasteiger partial charge in [0.25, 0.3) is 0 Å². The number of furan rings is 1. The first-order chi connectivity index (χ1) is 20.7. The van der Waals surface area contributed by atoms with Gasteiger partial charge in [0.15, 0.2) is 11.7 Å². The zero-order valence-electron chi connectivity index (χ0n) is 24.0. The standard InChI is InChI=1S/C32H34N6O5/c1-20-16-23-17-24(11-12-27(23)43-20)35-31(25(18-33)29(40)21-7-9-22(10-8-21)30(34)41)36-26-6-2-3-15-38(32(26)42)19-28(39)37-13-4-5-14-37/h7-12,16-17,25-26H,2-6,13-15,19H2,1H3,(H2,34,41)(H,35,36)/t25?,26-/m0/s1. The number of nitrogens with two attached hydrogens (primary N) is 1. The Balaban J connectivity index is 1.47. The molecule has 222 valence electrons. The third-order valence-electron chi connectivity index (χ3n) is 7.86. The van der Waals surface area contributed by atoms with E-state index in [1.54, 1.807) is 21.9 Å². The molecule has 2 aliphatic heterocycles. The van der Waals surface area contributed by atoms with Crippen LogP contribution < -0.4 is 11.1 Å². The van der Waals surface area contributed by atoms with Crippen LogP contribution in [0.2, 0.25) is 0 Å². The molecule has 1 aromatic heterocycles. The van der Waals surface area contributed by atoms with Gasteiger partial charge in [-0.25, -0.2) is 0 Å². The number of likely N-dealkylation sites (tertiary alicyclic amines) is 2. The number of carbonyl (C=O) groups is 4. The summed E-state index contributed by atoms with van der Waals surface area (Å²) in [5.74, 6) is -2.19. The number of carbonyl (C=O) groups excluding carboxylic acids is 4. The van der Waals surface area contributed by atoms with Crippen LogP contribution in [0.3, 0.4) is 0 Å². The van der Waals surface area contributed by atoms with Gasteiger partial charge < -0.3 is 25.3 Å². The topological polar surface area (TPSA) is 162 Å². The van der Waals surface area contributed by atoms with Gasteiger partial charge in [-0.05, 0) is 75.4 Å². The third kappa shape index (κ3) is 6.75. The number of rotatable bonds is 8. The van der Waals surface area contributed by atoms with Crippen LogP contribution in [0.1, 0.15) is 58.6 Å². The zero-order valence-corrected chi connectivity index (χ0v) is 24.0. The Hall–Kier alpha value is -4.98. The Morgan fingerprint density at radius 2 is 1.74 bits per heavy atom. The van der Waals surface area contributed by atoms with E-state index in [2.05, 4.69) is 11.4 Å². The van der Waals surface area contributed by atoms with Gasteiger partial charge in [0.2, 0.25) is 17.7 Å². The van der Waals surface area contributed by atoms with E-state index in [-0.39, 0.29) is 35.3 Å². The van der Waals surface area contributed by atoms with Gasteiger partial charge in [0.1, 0.15) is 23.2 Å². The molecule has 2 aromatic carbocycles. The highest BCUT2D eigenvalue weighted by molar-refractivity contribution is 6.18. The molecule has 5 rings (SSSR count). The van der Waals surface area contributed by atoms with Crippen LogP contribution in [0.5, 0.6) is 0 Å². The first-order valence-corrected chi connectivity index (χ1v) is 14.5. The fraction of sp³-hybridized carbons (Fsp3) is 0.375. The van der Waals surface area contributed by atoms with E-state index in [4.69, 9.17) is 15.1 Å². The summed E-state index contributed by atoms with van der Waals surface area (Å²) < 4.78 is 5.67. The fourth-order valence-electron chi connectivity index (χ4n) is 5.55. The highest BCUT2D eigenvalue weighted by Gasteiger charge is 2.33. The average molecular weight is 583 g/mol. The van der Waals surface area contributed by atoms with Crippen LogP contribution >= 0.6 is 0 Å². The van der Waals surface area contributed by atoms with E-state index in [0.717, 1.165) is 30.4 Å². The van der Waals surface area contributed by atoms with Gasteiger partial charge in [0.05, 0.1) is 12.6 Å². The molecule has 11 heteroatoms. The number of nitrogens with one attached hydrogen (secondary N) is 1. The van der Waals surface area contributed by atoms with Crippen LogP contribution in [0.15, 0.2) is 57.9 Å². The second-order valence-electron chi connectivity index (χ2n) is 11.0. The van der Waals surface area contributed by atoms with Crippen molar-refractivity contribution in [2.24, 2.45) is 16.6 Å². The van der Waals surface area contributed by atoms with E-state index in [1.807, 2.05) is 19.1 Å². The van der Waals surface area contributed by atoms with Crippen molar-refractivity contribution in [3.63, 3.8) is 0 Å². The smallest absolute Gasteiger partial charge is 0.248 e. The summed E-state index contributed by atoms with van der Waals surface area (Å²) in [6, 6.07) is 14.1. The van der Waals surface area contributed by atoms with Crippen molar-refractivity contribution in [2.75, 3.05) is 31.5 Å². The molecular formula is C32H34N6O5.